The third kappa shape index (κ3) is 9.68. The first kappa shape index (κ1) is 28.7. The summed E-state index contributed by atoms with van der Waals surface area (Å²) in [5, 5.41) is 9.21. The molecule has 1 rings (SSSR count). The summed E-state index contributed by atoms with van der Waals surface area (Å²) in [6.07, 6.45) is -2.26. The molecule has 190 valence electrons. The van der Waals surface area contributed by atoms with Crippen molar-refractivity contribution < 1.29 is 43.2 Å². The Bertz CT molecular complexity index is 869. The fraction of sp³-hybridized carbons (Fsp3) is 0.583. The number of carbonyl (C=O) groups is 4. The largest absolute Gasteiger partial charge is 0.497 e. The van der Waals surface area contributed by atoms with E-state index in [1.54, 1.807) is 59.7 Å². The number of methoxy groups -OCH3 is 2. The molecule has 0 aliphatic rings. The van der Waals surface area contributed by atoms with Crippen LogP contribution in [0.25, 0.3) is 0 Å². The highest BCUT2D eigenvalue weighted by molar-refractivity contribution is 5.88. The molecule has 2 amide bonds. The molecule has 1 aromatic rings. The quantitative estimate of drug-likeness (QED) is 0.429. The fourth-order valence-electron chi connectivity index (χ4n) is 2.97. The highest BCUT2D eigenvalue weighted by Gasteiger charge is 2.32. The van der Waals surface area contributed by atoms with Gasteiger partial charge in [0, 0.05) is 0 Å². The van der Waals surface area contributed by atoms with Crippen LogP contribution in [-0.4, -0.2) is 59.6 Å². The van der Waals surface area contributed by atoms with Crippen LogP contribution in [0.1, 0.15) is 59.1 Å². The van der Waals surface area contributed by atoms with Gasteiger partial charge in [-0.3, -0.25) is 9.59 Å². The number of aliphatic carboxylic acids is 1. The Morgan fingerprint density at radius 2 is 1.44 bits per heavy atom. The van der Waals surface area contributed by atoms with Gasteiger partial charge in [-0.15, -0.1) is 0 Å². The number of imide groups is 1. The van der Waals surface area contributed by atoms with Crippen LogP contribution in [0.3, 0.4) is 0 Å². The standard InChI is InChI=1S/C24H35NO9/c1-23(2,3)33-21(29)25(22(30)34-24(4,5)6)14-17-12-18(31-7)10-9-15(17)11-16(13-19(26)27)20(28)32-8/h9-10,12,16H,11,13-14H2,1-8H3,(H,26,27). The van der Waals surface area contributed by atoms with Crippen molar-refractivity contribution in [3.8, 4) is 5.75 Å². The second-order valence-electron chi connectivity index (χ2n) is 9.70. The maximum absolute atomic E-state index is 12.9. The van der Waals surface area contributed by atoms with Gasteiger partial charge in [-0.25, -0.2) is 14.5 Å². The lowest BCUT2D eigenvalue weighted by atomic mass is 9.92. The number of carbonyl (C=O) groups excluding carboxylic acids is 3. The van der Waals surface area contributed by atoms with Gasteiger partial charge in [-0.05, 0) is 71.2 Å². The van der Waals surface area contributed by atoms with Crippen LogP contribution in [0, 0.1) is 5.92 Å². The summed E-state index contributed by atoms with van der Waals surface area (Å²) in [5.74, 6) is -2.36. The van der Waals surface area contributed by atoms with Gasteiger partial charge in [0.2, 0.25) is 0 Å². The van der Waals surface area contributed by atoms with Crippen LogP contribution >= 0.6 is 0 Å². The molecule has 0 saturated carbocycles. The van der Waals surface area contributed by atoms with E-state index in [-0.39, 0.29) is 13.0 Å². The lowest BCUT2D eigenvalue weighted by molar-refractivity contribution is -0.150. The molecule has 1 N–H and O–H groups in total. The monoisotopic (exact) mass is 481 g/mol. The minimum Gasteiger partial charge on any atom is -0.497 e. The number of hydrogen-bond acceptors (Lipinski definition) is 8. The Labute approximate surface area is 200 Å². The van der Waals surface area contributed by atoms with Gasteiger partial charge in [0.05, 0.1) is 33.1 Å². The van der Waals surface area contributed by atoms with Crippen LogP contribution in [-0.2, 0) is 36.8 Å². The van der Waals surface area contributed by atoms with Gasteiger partial charge in [-0.1, -0.05) is 6.07 Å². The molecule has 1 atom stereocenters. The molecule has 0 fully saturated rings. The van der Waals surface area contributed by atoms with Gasteiger partial charge in [0.1, 0.15) is 17.0 Å². The first-order chi connectivity index (χ1) is 15.6. The van der Waals surface area contributed by atoms with E-state index in [0.717, 1.165) is 4.90 Å². The molecular formula is C24H35NO9. The number of hydrogen-bond donors (Lipinski definition) is 1. The van der Waals surface area contributed by atoms with Crippen LogP contribution in [0.5, 0.6) is 5.75 Å². The zero-order valence-corrected chi connectivity index (χ0v) is 21.1. The van der Waals surface area contributed by atoms with Gasteiger partial charge < -0.3 is 24.1 Å². The highest BCUT2D eigenvalue weighted by Crippen LogP contribution is 2.25. The molecule has 0 aromatic heterocycles. The molecule has 0 heterocycles. The van der Waals surface area contributed by atoms with Gasteiger partial charge in [0.15, 0.2) is 0 Å². The minimum atomic E-state index is -1.16. The van der Waals surface area contributed by atoms with Crippen LogP contribution in [0.15, 0.2) is 18.2 Å². The number of esters is 1. The number of benzene rings is 1. The van der Waals surface area contributed by atoms with Crippen molar-refractivity contribution in [2.75, 3.05) is 14.2 Å². The van der Waals surface area contributed by atoms with E-state index in [4.69, 9.17) is 18.9 Å². The molecule has 0 bridgehead atoms. The first-order valence-electron chi connectivity index (χ1n) is 10.7. The van der Waals surface area contributed by atoms with E-state index in [2.05, 4.69) is 0 Å². The van der Waals surface area contributed by atoms with Crippen LogP contribution < -0.4 is 4.74 Å². The molecule has 34 heavy (non-hydrogen) atoms. The van der Waals surface area contributed by atoms with Gasteiger partial charge in [0.25, 0.3) is 0 Å². The van der Waals surface area contributed by atoms with E-state index < -0.39 is 47.7 Å². The fourth-order valence-corrected chi connectivity index (χ4v) is 2.97. The van der Waals surface area contributed by atoms with Crippen LogP contribution in [0.2, 0.25) is 0 Å². The maximum atomic E-state index is 12.9. The molecule has 0 aliphatic carbocycles. The summed E-state index contributed by atoms with van der Waals surface area (Å²) in [5.41, 5.74) is -0.747. The molecule has 0 spiro atoms. The Kier molecular flexibility index (Phi) is 9.90. The van der Waals surface area contributed by atoms with Crippen LogP contribution in [0.4, 0.5) is 9.59 Å². The van der Waals surface area contributed by atoms with E-state index in [1.165, 1.54) is 14.2 Å². The summed E-state index contributed by atoms with van der Waals surface area (Å²) in [7, 11) is 2.64. The number of nitrogens with zero attached hydrogens (tertiary/aromatic N) is 1. The molecule has 10 heteroatoms. The Balaban J connectivity index is 3.43. The summed E-state index contributed by atoms with van der Waals surface area (Å²) in [6.45, 7) is 9.76. The summed E-state index contributed by atoms with van der Waals surface area (Å²) in [6, 6.07) is 4.89. The van der Waals surface area contributed by atoms with Gasteiger partial charge in [-0.2, -0.15) is 0 Å². The normalized spacial score (nSPS) is 12.4. The first-order valence-corrected chi connectivity index (χ1v) is 10.7. The average Bonchev–Trinajstić information content (AvgIpc) is 2.68. The van der Waals surface area contributed by atoms with Crippen molar-refractivity contribution in [1.29, 1.82) is 0 Å². The minimum absolute atomic E-state index is 0.00871. The smallest absolute Gasteiger partial charge is 0.420 e. The predicted molar refractivity (Wildman–Crippen MR) is 122 cm³/mol. The number of amides is 2. The van der Waals surface area contributed by atoms with Gasteiger partial charge >= 0.3 is 24.1 Å². The zero-order chi connectivity index (χ0) is 26.3. The van der Waals surface area contributed by atoms with Crippen molar-refractivity contribution in [3.63, 3.8) is 0 Å². The Hall–Kier alpha value is -3.30. The van der Waals surface area contributed by atoms with Crippen molar-refractivity contribution >= 4 is 24.1 Å². The molecule has 1 unspecified atom stereocenters. The van der Waals surface area contributed by atoms with Crippen molar-refractivity contribution in [2.24, 2.45) is 5.92 Å². The summed E-state index contributed by atoms with van der Waals surface area (Å²) < 4.78 is 20.8. The highest BCUT2D eigenvalue weighted by atomic mass is 16.6. The molecule has 1 aromatic carbocycles. The maximum Gasteiger partial charge on any atom is 0.420 e. The van der Waals surface area contributed by atoms with E-state index >= 15 is 0 Å². The Morgan fingerprint density at radius 1 is 0.912 bits per heavy atom. The number of carboxylic acid groups (broad SMARTS) is 1. The van der Waals surface area contributed by atoms with Crippen molar-refractivity contribution in [2.45, 2.75) is 72.1 Å². The SMILES string of the molecule is COC(=O)C(CC(=O)O)Cc1ccc(OC)cc1CN(C(=O)OC(C)(C)C)C(=O)OC(C)(C)C. The summed E-state index contributed by atoms with van der Waals surface area (Å²) in [4.78, 5) is 50.1. The second-order valence-corrected chi connectivity index (χ2v) is 9.70. The second kappa shape index (κ2) is 11.7. The average molecular weight is 482 g/mol. The third-order valence-corrected chi connectivity index (χ3v) is 4.39. The van der Waals surface area contributed by atoms with Crippen molar-refractivity contribution in [3.05, 3.63) is 29.3 Å². The molecule has 0 aliphatic heterocycles. The lowest BCUT2D eigenvalue weighted by Gasteiger charge is -2.29. The van der Waals surface area contributed by atoms with E-state index in [1.807, 2.05) is 0 Å². The zero-order valence-electron chi connectivity index (χ0n) is 21.1. The predicted octanol–water partition coefficient (Wildman–Crippen LogP) is 4.17. The topological polar surface area (TPSA) is 129 Å². The summed E-state index contributed by atoms with van der Waals surface area (Å²) >= 11 is 0. The molecule has 0 radical (unpaired) electrons. The molecular weight excluding hydrogens is 446 g/mol. The van der Waals surface area contributed by atoms with E-state index in [0.29, 0.717) is 16.9 Å². The molecule has 10 nitrogen and oxygen atoms in total. The lowest BCUT2D eigenvalue weighted by Crippen LogP contribution is -2.43. The van der Waals surface area contributed by atoms with Crippen molar-refractivity contribution in [1.82, 2.24) is 4.90 Å². The number of rotatable bonds is 8. The molecule has 0 saturated heterocycles. The number of carboxylic acids is 1. The Morgan fingerprint density at radius 3 is 1.85 bits per heavy atom. The number of ether oxygens (including phenoxy) is 4. The van der Waals surface area contributed by atoms with E-state index in [9.17, 15) is 24.3 Å². The third-order valence-electron chi connectivity index (χ3n) is 4.39.